The van der Waals surface area contributed by atoms with E-state index in [2.05, 4.69) is 0 Å². The summed E-state index contributed by atoms with van der Waals surface area (Å²) < 4.78 is 10.9. The van der Waals surface area contributed by atoms with Gasteiger partial charge in [0.25, 0.3) is 0 Å². The number of rotatable bonds is 7. The first-order valence-corrected chi connectivity index (χ1v) is 6.50. The molecule has 0 saturated heterocycles. The Morgan fingerprint density at radius 2 is 2.06 bits per heavy atom. The standard InChI is InChI=1S/C15H24O3/c1-5-15(3,18-6-2)14(16)11-12-8-7-9-13(10-12)17-4/h7-10,14,16H,5-6,11H2,1-4H3. The molecular formula is C15H24O3. The van der Waals surface area contributed by atoms with Crippen LogP contribution in [0.5, 0.6) is 5.75 Å². The third-order valence-electron chi connectivity index (χ3n) is 3.44. The summed E-state index contributed by atoms with van der Waals surface area (Å²) >= 11 is 0. The predicted molar refractivity (Wildman–Crippen MR) is 73.0 cm³/mol. The van der Waals surface area contributed by atoms with Crippen molar-refractivity contribution in [2.75, 3.05) is 13.7 Å². The van der Waals surface area contributed by atoms with Gasteiger partial charge in [0, 0.05) is 13.0 Å². The number of benzene rings is 1. The van der Waals surface area contributed by atoms with Crippen molar-refractivity contribution >= 4 is 0 Å². The second kappa shape index (κ2) is 6.76. The van der Waals surface area contributed by atoms with Gasteiger partial charge in [-0.15, -0.1) is 0 Å². The lowest BCUT2D eigenvalue weighted by Crippen LogP contribution is -2.42. The van der Waals surface area contributed by atoms with Crippen molar-refractivity contribution < 1.29 is 14.6 Å². The first-order valence-electron chi connectivity index (χ1n) is 6.50. The van der Waals surface area contributed by atoms with Crippen LogP contribution in [-0.2, 0) is 11.2 Å². The maximum absolute atomic E-state index is 10.4. The van der Waals surface area contributed by atoms with Gasteiger partial charge in [-0.2, -0.15) is 0 Å². The average Bonchev–Trinajstić information content (AvgIpc) is 2.39. The highest BCUT2D eigenvalue weighted by Gasteiger charge is 2.31. The molecule has 1 N–H and O–H groups in total. The van der Waals surface area contributed by atoms with Crippen LogP contribution in [0.1, 0.15) is 32.8 Å². The molecule has 0 aromatic heterocycles. The summed E-state index contributed by atoms with van der Waals surface area (Å²) in [6.45, 7) is 6.55. The van der Waals surface area contributed by atoms with Crippen molar-refractivity contribution in [3.63, 3.8) is 0 Å². The third kappa shape index (κ3) is 3.72. The minimum Gasteiger partial charge on any atom is -0.497 e. The van der Waals surface area contributed by atoms with Gasteiger partial charge in [0.05, 0.1) is 18.8 Å². The lowest BCUT2D eigenvalue weighted by atomic mass is 9.90. The van der Waals surface area contributed by atoms with Crippen molar-refractivity contribution in [3.8, 4) is 5.75 Å². The second-order valence-electron chi connectivity index (χ2n) is 4.67. The number of ether oxygens (including phenoxy) is 2. The zero-order chi connectivity index (χ0) is 13.6. The quantitative estimate of drug-likeness (QED) is 0.811. The number of aliphatic hydroxyl groups is 1. The molecule has 0 aliphatic carbocycles. The number of hydrogen-bond acceptors (Lipinski definition) is 3. The fraction of sp³-hybridized carbons (Fsp3) is 0.600. The van der Waals surface area contributed by atoms with Gasteiger partial charge in [-0.3, -0.25) is 0 Å². The molecule has 102 valence electrons. The van der Waals surface area contributed by atoms with Crippen LogP contribution < -0.4 is 4.74 Å². The number of methoxy groups -OCH3 is 1. The Bertz CT molecular complexity index is 365. The number of aliphatic hydroxyl groups excluding tert-OH is 1. The van der Waals surface area contributed by atoms with Crippen LogP contribution in [0, 0.1) is 0 Å². The molecule has 2 atom stereocenters. The molecule has 0 saturated carbocycles. The molecule has 1 aromatic rings. The van der Waals surface area contributed by atoms with E-state index in [1.54, 1.807) is 7.11 Å². The molecule has 3 heteroatoms. The van der Waals surface area contributed by atoms with Crippen LogP contribution in [0.15, 0.2) is 24.3 Å². The second-order valence-corrected chi connectivity index (χ2v) is 4.67. The molecule has 1 aromatic carbocycles. The molecule has 0 amide bonds. The van der Waals surface area contributed by atoms with E-state index >= 15 is 0 Å². The highest BCUT2D eigenvalue weighted by Crippen LogP contribution is 2.24. The summed E-state index contributed by atoms with van der Waals surface area (Å²) in [6.07, 6.45) is 0.836. The Labute approximate surface area is 110 Å². The summed E-state index contributed by atoms with van der Waals surface area (Å²) in [5.41, 5.74) is 0.568. The largest absolute Gasteiger partial charge is 0.497 e. The average molecular weight is 252 g/mol. The molecule has 0 bridgehead atoms. The molecule has 0 radical (unpaired) electrons. The summed E-state index contributed by atoms with van der Waals surface area (Å²) in [5, 5.41) is 10.4. The molecule has 0 fully saturated rings. The SMILES string of the molecule is CCOC(C)(CC)C(O)Cc1cccc(OC)c1. The first kappa shape index (κ1) is 15.0. The van der Waals surface area contributed by atoms with Crippen molar-refractivity contribution in [2.45, 2.75) is 45.3 Å². The van der Waals surface area contributed by atoms with Crippen LogP contribution in [0.25, 0.3) is 0 Å². The molecule has 3 nitrogen and oxygen atoms in total. The summed E-state index contributed by atoms with van der Waals surface area (Å²) in [4.78, 5) is 0. The van der Waals surface area contributed by atoms with Gasteiger partial charge in [-0.1, -0.05) is 19.1 Å². The maximum atomic E-state index is 10.4. The summed E-state index contributed by atoms with van der Waals surface area (Å²) in [5.74, 6) is 0.814. The predicted octanol–water partition coefficient (Wildman–Crippen LogP) is 2.80. The Kier molecular flexibility index (Phi) is 5.63. The molecule has 18 heavy (non-hydrogen) atoms. The van der Waals surface area contributed by atoms with E-state index in [-0.39, 0.29) is 0 Å². The van der Waals surface area contributed by atoms with E-state index < -0.39 is 11.7 Å². The lowest BCUT2D eigenvalue weighted by molar-refractivity contribution is -0.110. The molecular weight excluding hydrogens is 228 g/mol. The topological polar surface area (TPSA) is 38.7 Å². The molecule has 0 heterocycles. The Morgan fingerprint density at radius 3 is 2.61 bits per heavy atom. The van der Waals surface area contributed by atoms with E-state index in [1.165, 1.54) is 0 Å². The van der Waals surface area contributed by atoms with Crippen LogP contribution in [-0.4, -0.2) is 30.5 Å². The van der Waals surface area contributed by atoms with Gasteiger partial charge in [-0.05, 0) is 38.0 Å². The normalized spacial score (nSPS) is 16.1. The van der Waals surface area contributed by atoms with Crippen LogP contribution in [0.4, 0.5) is 0 Å². The van der Waals surface area contributed by atoms with E-state index in [0.29, 0.717) is 13.0 Å². The zero-order valence-electron chi connectivity index (χ0n) is 11.8. The minimum atomic E-state index is -0.519. The van der Waals surface area contributed by atoms with Crippen LogP contribution in [0.2, 0.25) is 0 Å². The smallest absolute Gasteiger partial charge is 0.119 e. The van der Waals surface area contributed by atoms with E-state index in [0.717, 1.165) is 17.7 Å². The Balaban J connectivity index is 2.75. The van der Waals surface area contributed by atoms with Gasteiger partial charge < -0.3 is 14.6 Å². The zero-order valence-corrected chi connectivity index (χ0v) is 11.8. The Morgan fingerprint density at radius 1 is 1.33 bits per heavy atom. The fourth-order valence-corrected chi connectivity index (χ4v) is 2.00. The fourth-order valence-electron chi connectivity index (χ4n) is 2.00. The van der Waals surface area contributed by atoms with Crippen LogP contribution >= 0.6 is 0 Å². The maximum Gasteiger partial charge on any atom is 0.119 e. The van der Waals surface area contributed by atoms with E-state index in [9.17, 15) is 5.11 Å². The number of hydrogen-bond donors (Lipinski definition) is 1. The van der Waals surface area contributed by atoms with Gasteiger partial charge in [0.1, 0.15) is 5.75 Å². The van der Waals surface area contributed by atoms with Crippen molar-refractivity contribution in [1.82, 2.24) is 0 Å². The van der Waals surface area contributed by atoms with Crippen molar-refractivity contribution in [2.24, 2.45) is 0 Å². The highest BCUT2D eigenvalue weighted by molar-refractivity contribution is 5.29. The monoisotopic (exact) mass is 252 g/mol. The van der Waals surface area contributed by atoms with Crippen LogP contribution in [0.3, 0.4) is 0 Å². The van der Waals surface area contributed by atoms with Crippen molar-refractivity contribution in [1.29, 1.82) is 0 Å². The third-order valence-corrected chi connectivity index (χ3v) is 3.44. The van der Waals surface area contributed by atoms with E-state index in [1.807, 2.05) is 45.0 Å². The lowest BCUT2D eigenvalue weighted by Gasteiger charge is -2.33. The Hall–Kier alpha value is -1.06. The van der Waals surface area contributed by atoms with Crippen molar-refractivity contribution in [3.05, 3.63) is 29.8 Å². The van der Waals surface area contributed by atoms with E-state index in [4.69, 9.17) is 9.47 Å². The highest BCUT2D eigenvalue weighted by atomic mass is 16.5. The minimum absolute atomic E-state index is 0.488. The molecule has 2 unspecified atom stereocenters. The molecule has 1 rings (SSSR count). The molecule has 0 aliphatic rings. The molecule has 0 aliphatic heterocycles. The summed E-state index contributed by atoms with van der Waals surface area (Å²) in [7, 11) is 1.64. The van der Waals surface area contributed by atoms with Gasteiger partial charge in [0.15, 0.2) is 0 Å². The van der Waals surface area contributed by atoms with Gasteiger partial charge in [-0.25, -0.2) is 0 Å². The summed E-state index contributed by atoms with van der Waals surface area (Å²) in [6, 6.07) is 7.78. The first-order chi connectivity index (χ1) is 8.55. The van der Waals surface area contributed by atoms with Gasteiger partial charge in [0.2, 0.25) is 0 Å². The van der Waals surface area contributed by atoms with Gasteiger partial charge >= 0.3 is 0 Å². The molecule has 0 spiro atoms.